The summed E-state index contributed by atoms with van der Waals surface area (Å²) in [5.74, 6) is 0.149. The molecule has 0 spiro atoms. The first-order valence-electron chi connectivity index (χ1n) is 11.4. The molecule has 1 aromatic heterocycles. The molecule has 2 amide bonds. The van der Waals surface area contributed by atoms with E-state index >= 15 is 0 Å². The zero-order chi connectivity index (χ0) is 21.1. The fourth-order valence-electron chi connectivity index (χ4n) is 4.62. The minimum Gasteiger partial charge on any atom is -0.348 e. The van der Waals surface area contributed by atoms with Crippen molar-refractivity contribution in [1.82, 2.24) is 5.32 Å². The summed E-state index contributed by atoms with van der Waals surface area (Å²) >= 11 is 1.60. The molecule has 30 heavy (non-hydrogen) atoms. The number of anilines is 1. The molecule has 1 aliphatic heterocycles. The summed E-state index contributed by atoms with van der Waals surface area (Å²) in [6.45, 7) is 6.08. The number of amides is 2. The predicted molar refractivity (Wildman–Crippen MR) is 116 cm³/mol. The molecule has 0 unspecified atom stereocenters. The van der Waals surface area contributed by atoms with Crippen LogP contribution < -0.4 is 20.4 Å². The van der Waals surface area contributed by atoms with Gasteiger partial charge in [-0.1, -0.05) is 6.42 Å². The van der Waals surface area contributed by atoms with Crippen molar-refractivity contribution in [2.75, 3.05) is 38.0 Å². The minimum atomic E-state index is -0.166. The van der Waals surface area contributed by atoms with Crippen molar-refractivity contribution in [2.45, 2.75) is 64.0 Å². The van der Waals surface area contributed by atoms with Crippen molar-refractivity contribution < 1.29 is 19.4 Å². The van der Waals surface area contributed by atoms with E-state index in [2.05, 4.69) is 16.7 Å². The number of piperazine rings is 1. The number of fused-ring (bicyclic) bond motifs is 1. The van der Waals surface area contributed by atoms with Gasteiger partial charge in [0.2, 0.25) is 0 Å². The van der Waals surface area contributed by atoms with Gasteiger partial charge in [0.15, 0.2) is 12.6 Å². The van der Waals surface area contributed by atoms with Crippen LogP contribution in [0.15, 0.2) is 0 Å². The molecule has 162 valence electrons. The van der Waals surface area contributed by atoms with Gasteiger partial charge in [-0.2, -0.15) is 5.26 Å². The Morgan fingerprint density at radius 3 is 2.60 bits per heavy atom. The summed E-state index contributed by atoms with van der Waals surface area (Å²) in [6.07, 6.45) is 7.70. The maximum Gasteiger partial charge on any atom is 0.283 e. The lowest BCUT2D eigenvalue weighted by Crippen LogP contribution is -3.30. The number of quaternary nitrogens is 2. The molecule has 8 heteroatoms. The van der Waals surface area contributed by atoms with Gasteiger partial charge in [-0.3, -0.25) is 9.59 Å². The quantitative estimate of drug-likeness (QED) is 0.448. The van der Waals surface area contributed by atoms with E-state index in [0.29, 0.717) is 18.2 Å². The monoisotopic (exact) mass is 431 g/mol. The van der Waals surface area contributed by atoms with Crippen molar-refractivity contribution in [3.05, 3.63) is 16.0 Å². The van der Waals surface area contributed by atoms with Crippen LogP contribution >= 0.6 is 11.3 Å². The molecule has 1 saturated heterocycles. The Bertz CT molecular complexity index is 833. The standard InChI is InChI=1S/C22H31N5O2S/c1-15(27-11-9-26(10-12-27)14-20(28)24-16-7-8-16)21(29)25-22-18(13-23)17-5-3-2-4-6-19(17)30-22/h15-16H,2-12,14H2,1H3,(H,24,28)(H,25,29)/p+2/t15-/m0/s1. The number of hydrogen-bond donors (Lipinski definition) is 4. The highest BCUT2D eigenvalue weighted by atomic mass is 32.1. The highest BCUT2D eigenvalue weighted by Crippen LogP contribution is 2.36. The van der Waals surface area contributed by atoms with E-state index in [4.69, 9.17) is 0 Å². The van der Waals surface area contributed by atoms with Crippen LogP contribution in [0, 0.1) is 11.3 Å². The molecule has 4 rings (SSSR count). The molecule has 1 saturated carbocycles. The Hall–Kier alpha value is -1.95. The Balaban J connectivity index is 1.30. The highest BCUT2D eigenvalue weighted by Gasteiger charge is 2.33. The van der Waals surface area contributed by atoms with Crippen molar-refractivity contribution in [3.63, 3.8) is 0 Å². The van der Waals surface area contributed by atoms with E-state index in [1.165, 1.54) is 21.1 Å². The van der Waals surface area contributed by atoms with Gasteiger partial charge in [-0.25, -0.2) is 0 Å². The molecular formula is C22H33N5O2S+2. The number of rotatable bonds is 6. The fraction of sp³-hybridized carbons (Fsp3) is 0.682. The Morgan fingerprint density at radius 2 is 1.90 bits per heavy atom. The summed E-state index contributed by atoms with van der Waals surface area (Å²) < 4.78 is 0. The predicted octanol–water partition coefficient (Wildman–Crippen LogP) is -0.722. The lowest BCUT2D eigenvalue weighted by molar-refractivity contribution is -1.01. The van der Waals surface area contributed by atoms with Crippen LogP contribution in [0.3, 0.4) is 0 Å². The molecule has 0 aromatic carbocycles. The third-order valence-electron chi connectivity index (χ3n) is 6.73. The van der Waals surface area contributed by atoms with E-state index in [1.54, 1.807) is 11.3 Å². The summed E-state index contributed by atoms with van der Waals surface area (Å²) in [7, 11) is 0. The minimum absolute atomic E-state index is 0.00663. The van der Waals surface area contributed by atoms with Gasteiger partial charge < -0.3 is 20.4 Å². The van der Waals surface area contributed by atoms with Crippen LogP contribution in [0.1, 0.15) is 55.0 Å². The van der Waals surface area contributed by atoms with Crippen LogP contribution in [-0.4, -0.2) is 56.6 Å². The maximum absolute atomic E-state index is 12.9. The van der Waals surface area contributed by atoms with E-state index in [-0.39, 0.29) is 17.9 Å². The van der Waals surface area contributed by atoms with E-state index < -0.39 is 0 Å². The number of hydrogen-bond acceptors (Lipinski definition) is 4. The largest absolute Gasteiger partial charge is 0.348 e. The van der Waals surface area contributed by atoms with Crippen LogP contribution in [0.25, 0.3) is 0 Å². The van der Waals surface area contributed by atoms with Gasteiger partial charge in [0.1, 0.15) is 37.2 Å². The van der Waals surface area contributed by atoms with Crippen molar-refractivity contribution in [1.29, 1.82) is 5.26 Å². The van der Waals surface area contributed by atoms with Crippen LogP contribution in [-0.2, 0) is 22.4 Å². The number of carbonyl (C=O) groups excluding carboxylic acids is 2. The fourth-order valence-corrected chi connectivity index (χ4v) is 5.87. The Labute approximate surface area is 182 Å². The molecule has 4 N–H and O–H groups in total. The SMILES string of the molecule is C[C@@H](C(=O)Nc1sc2c(c1C#N)CCCCC2)[NH+]1CC[NH+](CC(=O)NC2CC2)CC1. The average Bonchev–Trinajstić information content (AvgIpc) is 3.52. The Kier molecular flexibility index (Phi) is 6.71. The normalized spacial score (nSPS) is 24.8. The van der Waals surface area contributed by atoms with Crippen LogP contribution in [0.4, 0.5) is 5.00 Å². The molecule has 7 nitrogen and oxygen atoms in total. The topological polar surface area (TPSA) is 90.9 Å². The van der Waals surface area contributed by atoms with Gasteiger partial charge in [0, 0.05) is 10.9 Å². The molecule has 2 fully saturated rings. The number of nitrogens with zero attached hydrogens (tertiary/aromatic N) is 1. The number of nitrogens with one attached hydrogen (secondary N) is 4. The van der Waals surface area contributed by atoms with Gasteiger partial charge >= 0.3 is 0 Å². The third kappa shape index (κ3) is 5.02. The van der Waals surface area contributed by atoms with Crippen molar-refractivity contribution >= 4 is 28.2 Å². The van der Waals surface area contributed by atoms with Gasteiger partial charge in [-0.15, -0.1) is 11.3 Å². The summed E-state index contributed by atoms with van der Waals surface area (Å²) in [5.41, 5.74) is 1.85. The highest BCUT2D eigenvalue weighted by molar-refractivity contribution is 7.16. The summed E-state index contributed by atoms with van der Waals surface area (Å²) in [6, 6.07) is 2.59. The Morgan fingerprint density at radius 1 is 1.17 bits per heavy atom. The van der Waals surface area contributed by atoms with Crippen LogP contribution in [0.2, 0.25) is 0 Å². The molecule has 2 aliphatic carbocycles. The number of thiophene rings is 1. The lowest BCUT2D eigenvalue weighted by atomic mass is 10.1. The van der Waals surface area contributed by atoms with Gasteiger partial charge in [0.05, 0.1) is 5.56 Å². The number of aryl methyl sites for hydroxylation is 1. The summed E-state index contributed by atoms with van der Waals surface area (Å²) in [4.78, 5) is 28.8. The number of nitriles is 1. The first-order chi connectivity index (χ1) is 14.5. The van der Waals surface area contributed by atoms with E-state index in [9.17, 15) is 14.9 Å². The number of carbonyl (C=O) groups is 2. The van der Waals surface area contributed by atoms with Crippen molar-refractivity contribution in [3.8, 4) is 6.07 Å². The zero-order valence-corrected chi connectivity index (χ0v) is 18.6. The second kappa shape index (κ2) is 9.46. The first-order valence-corrected chi connectivity index (χ1v) is 12.2. The smallest absolute Gasteiger partial charge is 0.283 e. The molecule has 2 heterocycles. The molecule has 3 aliphatic rings. The van der Waals surface area contributed by atoms with E-state index in [0.717, 1.165) is 75.3 Å². The zero-order valence-electron chi connectivity index (χ0n) is 17.8. The van der Waals surface area contributed by atoms with Crippen molar-refractivity contribution in [2.24, 2.45) is 0 Å². The third-order valence-corrected chi connectivity index (χ3v) is 7.94. The molecule has 0 bridgehead atoms. The molecule has 0 radical (unpaired) electrons. The molecule has 1 atom stereocenters. The van der Waals surface area contributed by atoms with E-state index in [1.807, 2.05) is 6.92 Å². The van der Waals surface area contributed by atoms with Crippen LogP contribution in [0.5, 0.6) is 0 Å². The molecular weight excluding hydrogens is 398 g/mol. The summed E-state index contributed by atoms with van der Waals surface area (Å²) in [5, 5.41) is 16.6. The first kappa shape index (κ1) is 21.3. The lowest BCUT2D eigenvalue weighted by Gasteiger charge is -2.32. The average molecular weight is 432 g/mol. The second-order valence-corrected chi connectivity index (χ2v) is 10.1. The van der Waals surface area contributed by atoms with Gasteiger partial charge in [-0.05, 0) is 51.0 Å². The van der Waals surface area contributed by atoms with Gasteiger partial charge in [0.25, 0.3) is 11.8 Å². The maximum atomic E-state index is 12.9. The second-order valence-electron chi connectivity index (χ2n) is 9.02. The molecule has 1 aromatic rings.